The molecule has 3 nitrogen and oxygen atoms in total. The number of hydrogen-bond acceptors (Lipinski definition) is 3. The number of ether oxygens (including phenoxy) is 1. The highest BCUT2D eigenvalue weighted by molar-refractivity contribution is 4.80. The molecule has 0 aromatic rings. The quantitative estimate of drug-likeness (QED) is 0.696. The number of aliphatic hydroxyl groups is 1. The van der Waals surface area contributed by atoms with E-state index in [0.29, 0.717) is 6.04 Å². The summed E-state index contributed by atoms with van der Waals surface area (Å²) in [5.41, 5.74) is -0.316. The molecule has 0 amide bonds. The van der Waals surface area contributed by atoms with E-state index >= 15 is 0 Å². The molecule has 1 rings (SSSR count). The van der Waals surface area contributed by atoms with Crippen LogP contribution in [0, 0.1) is 0 Å². The van der Waals surface area contributed by atoms with E-state index in [0.717, 1.165) is 26.1 Å². The fraction of sp³-hybridized carbons (Fsp3) is 1.00. The van der Waals surface area contributed by atoms with Crippen molar-refractivity contribution in [1.29, 1.82) is 0 Å². The van der Waals surface area contributed by atoms with E-state index in [4.69, 9.17) is 9.84 Å². The molecule has 0 aromatic carbocycles. The van der Waals surface area contributed by atoms with Crippen LogP contribution in [0.25, 0.3) is 0 Å². The number of aliphatic hydroxyl groups excluding tert-OH is 1. The van der Waals surface area contributed by atoms with Crippen LogP contribution in [0.4, 0.5) is 0 Å². The maximum Gasteiger partial charge on any atom is 0.0896 e. The molecule has 13 heavy (non-hydrogen) atoms. The summed E-state index contributed by atoms with van der Waals surface area (Å²) in [4.78, 5) is 2.39. The summed E-state index contributed by atoms with van der Waals surface area (Å²) in [6.45, 7) is 9.23. The molecule has 1 aliphatic rings. The van der Waals surface area contributed by atoms with Crippen LogP contribution < -0.4 is 0 Å². The zero-order chi connectivity index (χ0) is 9.90. The zero-order valence-corrected chi connectivity index (χ0v) is 8.92. The Kier molecular flexibility index (Phi) is 3.71. The number of hydrogen-bond donors (Lipinski definition) is 1. The molecule has 1 fully saturated rings. The first-order chi connectivity index (χ1) is 6.07. The van der Waals surface area contributed by atoms with Gasteiger partial charge < -0.3 is 9.84 Å². The van der Waals surface area contributed by atoms with Crippen LogP contribution in [0.15, 0.2) is 0 Å². The summed E-state index contributed by atoms with van der Waals surface area (Å²) in [5, 5.41) is 9.16. The van der Waals surface area contributed by atoms with Gasteiger partial charge in [0.15, 0.2) is 0 Å². The van der Waals surface area contributed by atoms with Gasteiger partial charge in [-0.05, 0) is 27.2 Å². The van der Waals surface area contributed by atoms with Crippen LogP contribution in [0.3, 0.4) is 0 Å². The Bertz CT molecular complexity index is 161. The minimum Gasteiger partial charge on any atom is -0.393 e. The minimum absolute atomic E-state index is 0.124. The number of nitrogens with zero attached hydrogens (tertiary/aromatic N) is 1. The van der Waals surface area contributed by atoms with E-state index in [-0.39, 0.29) is 12.2 Å². The molecule has 78 valence electrons. The Morgan fingerprint density at radius 1 is 1.46 bits per heavy atom. The van der Waals surface area contributed by atoms with Crippen molar-refractivity contribution in [2.45, 2.75) is 38.8 Å². The van der Waals surface area contributed by atoms with Crippen molar-refractivity contribution in [3.8, 4) is 0 Å². The van der Waals surface area contributed by atoms with Gasteiger partial charge in [0.25, 0.3) is 0 Å². The molecule has 1 heterocycles. The minimum atomic E-state index is -0.316. The third-order valence-corrected chi connectivity index (χ3v) is 2.82. The van der Waals surface area contributed by atoms with Crippen molar-refractivity contribution in [3.05, 3.63) is 0 Å². The first kappa shape index (κ1) is 11.0. The van der Waals surface area contributed by atoms with Gasteiger partial charge in [0.05, 0.1) is 18.8 Å². The summed E-state index contributed by atoms with van der Waals surface area (Å²) in [6.07, 6.45) is 0.918. The smallest absolute Gasteiger partial charge is 0.0896 e. The fourth-order valence-electron chi connectivity index (χ4n) is 1.61. The van der Waals surface area contributed by atoms with Crippen LogP contribution >= 0.6 is 0 Å². The predicted octanol–water partition coefficient (Wildman–Crippen LogP) is 0.868. The Hall–Kier alpha value is -0.120. The van der Waals surface area contributed by atoms with Crippen LogP contribution in [0.5, 0.6) is 0 Å². The summed E-state index contributed by atoms with van der Waals surface area (Å²) >= 11 is 0. The fourth-order valence-corrected chi connectivity index (χ4v) is 1.61. The average molecular weight is 187 g/mol. The number of rotatable bonds is 2. The Labute approximate surface area is 80.7 Å². The third kappa shape index (κ3) is 2.93. The van der Waals surface area contributed by atoms with Gasteiger partial charge >= 0.3 is 0 Å². The van der Waals surface area contributed by atoms with Crippen molar-refractivity contribution >= 4 is 0 Å². The van der Waals surface area contributed by atoms with Crippen LogP contribution in [0.2, 0.25) is 0 Å². The van der Waals surface area contributed by atoms with E-state index in [9.17, 15) is 0 Å². The lowest BCUT2D eigenvalue weighted by atomic mass is 10.0. The summed E-state index contributed by atoms with van der Waals surface area (Å²) in [7, 11) is 0. The summed E-state index contributed by atoms with van der Waals surface area (Å²) < 4.78 is 5.63. The van der Waals surface area contributed by atoms with Crippen LogP contribution in [-0.2, 0) is 4.74 Å². The van der Waals surface area contributed by atoms with E-state index in [1.54, 1.807) is 0 Å². The maximum absolute atomic E-state index is 9.16. The molecule has 1 unspecified atom stereocenters. The zero-order valence-electron chi connectivity index (χ0n) is 8.92. The van der Waals surface area contributed by atoms with E-state index in [1.807, 2.05) is 6.92 Å². The molecule has 0 aliphatic carbocycles. The summed E-state index contributed by atoms with van der Waals surface area (Å²) in [5.74, 6) is 0. The second kappa shape index (κ2) is 4.40. The Morgan fingerprint density at radius 2 is 2.15 bits per heavy atom. The molecule has 0 spiro atoms. The Morgan fingerprint density at radius 3 is 2.69 bits per heavy atom. The van der Waals surface area contributed by atoms with Crippen molar-refractivity contribution in [3.63, 3.8) is 0 Å². The lowest BCUT2D eigenvalue weighted by molar-refractivity contribution is -0.0599. The van der Waals surface area contributed by atoms with E-state index < -0.39 is 0 Å². The molecule has 1 saturated heterocycles. The predicted molar refractivity (Wildman–Crippen MR) is 52.8 cm³/mol. The second-order valence-corrected chi connectivity index (χ2v) is 4.34. The molecule has 1 atom stereocenters. The Balaban J connectivity index is 2.48. The molecule has 0 radical (unpaired) electrons. The van der Waals surface area contributed by atoms with Gasteiger partial charge in [0.1, 0.15) is 0 Å². The van der Waals surface area contributed by atoms with Crippen molar-refractivity contribution in [2.75, 3.05) is 26.3 Å². The van der Waals surface area contributed by atoms with Gasteiger partial charge in [0.2, 0.25) is 0 Å². The average Bonchev–Trinajstić information content (AvgIpc) is 2.28. The third-order valence-electron chi connectivity index (χ3n) is 2.82. The van der Waals surface area contributed by atoms with Gasteiger partial charge in [-0.2, -0.15) is 0 Å². The van der Waals surface area contributed by atoms with Crippen molar-refractivity contribution in [1.82, 2.24) is 4.90 Å². The molecule has 0 bridgehead atoms. The van der Waals surface area contributed by atoms with Gasteiger partial charge in [-0.3, -0.25) is 4.90 Å². The molecular formula is C10H21NO2. The topological polar surface area (TPSA) is 32.7 Å². The lowest BCUT2D eigenvalue weighted by Crippen LogP contribution is -2.35. The molecule has 0 saturated carbocycles. The summed E-state index contributed by atoms with van der Waals surface area (Å²) in [6, 6.07) is 0.574. The van der Waals surface area contributed by atoms with Gasteiger partial charge in [-0.25, -0.2) is 0 Å². The molecular weight excluding hydrogens is 166 g/mol. The molecule has 1 aliphatic heterocycles. The molecule has 3 heteroatoms. The SMILES string of the molecule is CC(C)N1CCOC(C)(CO)CC1. The van der Waals surface area contributed by atoms with Crippen molar-refractivity contribution in [2.24, 2.45) is 0 Å². The lowest BCUT2D eigenvalue weighted by Gasteiger charge is -2.26. The highest BCUT2D eigenvalue weighted by Gasteiger charge is 2.28. The highest BCUT2D eigenvalue weighted by Crippen LogP contribution is 2.19. The van der Waals surface area contributed by atoms with Gasteiger partial charge in [-0.1, -0.05) is 0 Å². The second-order valence-electron chi connectivity index (χ2n) is 4.34. The largest absolute Gasteiger partial charge is 0.393 e. The first-order valence-corrected chi connectivity index (χ1v) is 5.06. The maximum atomic E-state index is 9.16. The van der Waals surface area contributed by atoms with Gasteiger partial charge in [-0.15, -0.1) is 0 Å². The standard InChI is InChI=1S/C10H21NO2/c1-9(2)11-5-4-10(3,8-12)13-7-6-11/h9,12H,4-8H2,1-3H3. The molecule has 1 N–H and O–H groups in total. The van der Waals surface area contributed by atoms with Crippen molar-refractivity contribution < 1.29 is 9.84 Å². The van der Waals surface area contributed by atoms with Crippen LogP contribution in [0.1, 0.15) is 27.2 Å². The highest BCUT2D eigenvalue weighted by atomic mass is 16.5. The monoisotopic (exact) mass is 187 g/mol. The first-order valence-electron chi connectivity index (χ1n) is 5.06. The molecule has 0 aromatic heterocycles. The van der Waals surface area contributed by atoms with E-state index in [1.165, 1.54) is 0 Å². The normalized spacial score (nSPS) is 32.1. The van der Waals surface area contributed by atoms with Crippen LogP contribution in [-0.4, -0.2) is 48.0 Å². The van der Waals surface area contributed by atoms with E-state index in [2.05, 4.69) is 18.7 Å². The van der Waals surface area contributed by atoms with Gasteiger partial charge in [0, 0.05) is 19.1 Å².